The number of nitrogens with two attached hydrogens (primary N) is 1. The van der Waals surface area contributed by atoms with Crippen LogP contribution in [0.1, 0.15) is 53.9 Å². The second-order valence-corrected chi connectivity index (χ2v) is 8.69. The Morgan fingerprint density at radius 1 is 1.29 bits per heavy atom. The van der Waals surface area contributed by atoms with Gasteiger partial charge in [-0.1, -0.05) is 0 Å². The molecule has 0 aliphatic heterocycles. The SMILES string of the molecule is Cc1nn(-c2cc(N)[nH]c(NCC3CC3)c(C(=N)c3ccc(F)cc3)ccn2)c(C)c1C(C)O. The maximum atomic E-state index is 13.4. The summed E-state index contributed by atoms with van der Waals surface area (Å²) in [6.07, 6.45) is 3.27. The summed E-state index contributed by atoms with van der Waals surface area (Å²) >= 11 is 0. The number of hydrogen-bond donors (Lipinski definition) is 5. The van der Waals surface area contributed by atoms with E-state index in [4.69, 9.17) is 11.1 Å². The maximum absolute atomic E-state index is 13.4. The third-order valence-electron chi connectivity index (χ3n) is 5.92. The molecule has 1 atom stereocenters. The molecule has 34 heavy (non-hydrogen) atoms. The minimum absolute atomic E-state index is 0.205. The normalized spacial score (nSPS) is 13.9. The van der Waals surface area contributed by atoms with Crippen LogP contribution < -0.4 is 11.1 Å². The van der Waals surface area contributed by atoms with Crippen LogP contribution in [0.4, 0.5) is 16.0 Å². The zero-order valence-electron chi connectivity index (χ0n) is 19.6. The number of nitrogens with zero attached hydrogens (tertiary/aromatic N) is 3. The molecule has 6 N–H and O–H groups in total. The van der Waals surface area contributed by atoms with Crippen LogP contribution in [0.5, 0.6) is 0 Å². The first-order chi connectivity index (χ1) is 16.2. The molecule has 1 aromatic carbocycles. The molecule has 0 amide bonds. The zero-order valence-corrected chi connectivity index (χ0v) is 19.6. The van der Waals surface area contributed by atoms with Crippen LogP contribution in [0.15, 0.2) is 42.6 Å². The van der Waals surface area contributed by atoms with Crippen LogP contribution in [0.3, 0.4) is 0 Å². The van der Waals surface area contributed by atoms with Gasteiger partial charge in [-0.15, -0.1) is 0 Å². The Hall–Kier alpha value is -3.72. The van der Waals surface area contributed by atoms with E-state index in [1.54, 1.807) is 42.1 Å². The first-order valence-electron chi connectivity index (χ1n) is 11.3. The molecule has 178 valence electrons. The zero-order chi connectivity index (χ0) is 24.4. The molecule has 4 rings (SSSR count). The lowest BCUT2D eigenvalue weighted by molar-refractivity contribution is 0.197. The molecule has 2 heterocycles. The van der Waals surface area contributed by atoms with Crippen molar-refractivity contribution in [2.24, 2.45) is 5.92 Å². The van der Waals surface area contributed by atoms with Crippen LogP contribution in [0, 0.1) is 31.0 Å². The average Bonchev–Trinajstić information content (AvgIpc) is 3.55. The largest absolute Gasteiger partial charge is 0.389 e. The van der Waals surface area contributed by atoms with Crippen LogP contribution in [-0.4, -0.2) is 37.1 Å². The van der Waals surface area contributed by atoms with Crippen LogP contribution >= 0.6 is 0 Å². The van der Waals surface area contributed by atoms with E-state index in [-0.39, 0.29) is 11.5 Å². The number of rotatable bonds is 7. The fourth-order valence-corrected chi connectivity index (χ4v) is 3.98. The lowest BCUT2D eigenvalue weighted by Gasteiger charge is -2.12. The van der Waals surface area contributed by atoms with Crippen molar-refractivity contribution >= 4 is 17.3 Å². The number of anilines is 2. The lowest BCUT2D eigenvalue weighted by atomic mass is 10.0. The predicted molar refractivity (Wildman–Crippen MR) is 131 cm³/mol. The number of benzene rings is 1. The van der Waals surface area contributed by atoms with Gasteiger partial charge in [-0.25, -0.2) is 14.1 Å². The molecule has 1 aliphatic carbocycles. The summed E-state index contributed by atoms with van der Waals surface area (Å²) in [6.45, 7) is 6.17. The number of aliphatic hydroxyl groups excluding tert-OH is 1. The maximum Gasteiger partial charge on any atom is 0.157 e. The van der Waals surface area contributed by atoms with Crippen LogP contribution in [0.2, 0.25) is 0 Å². The molecule has 1 saturated carbocycles. The number of hydrogen-bond acceptors (Lipinski definition) is 6. The molecule has 0 spiro atoms. The Morgan fingerprint density at radius 3 is 2.62 bits per heavy atom. The standard InChI is InChI=1S/C25H30FN7O/c1-14-23(16(3)34)15(2)33(32-14)22-12-21(27)31-25(30-13-17-4-5-17)20(10-11-29-22)24(28)18-6-8-19(26)9-7-18/h6-12,16-17,28,30-31,34H,4-5,13,27H2,1-3H3. The van der Waals surface area contributed by atoms with Gasteiger partial charge in [0.25, 0.3) is 0 Å². The monoisotopic (exact) mass is 463 g/mol. The van der Waals surface area contributed by atoms with Crippen molar-refractivity contribution in [3.63, 3.8) is 0 Å². The molecule has 0 saturated heterocycles. The third kappa shape index (κ3) is 5.09. The number of aromatic amines is 1. The highest BCUT2D eigenvalue weighted by Gasteiger charge is 2.22. The lowest BCUT2D eigenvalue weighted by Crippen LogP contribution is -2.11. The Balaban J connectivity index is 1.84. The Bertz CT molecular complexity index is 1250. The van der Waals surface area contributed by atoms with E-state index >= 15 is 0 Å². The summed E-state index contributed by atoms with van der Waals surface area (Å²) in [5.41, 5.74) is 9.89. The van der Waals surface area contributed by atoms with Crippen molar-refractivity contribution in [1.29, 1.82) is 5.41 Å². The fraction of sp³-hybridized carbons (Fsp3) is 0.320. The Morgan fingerprint density at radius 2 is 2.00 bits per heavy atom. The highest BCUT2D eigenvalue weighted by atomic mass is 19.1. The number of nitrogen functional groups attached to an aromatic ring is 1. The Kier molecular flexibility index (Phi) is 6.65. The second-order valence-electron chi connectivity index (χ2n) is 8.69. The van der Waals surface area contributed by atoms with Gasteiger partial charge in [0.05, 0.1) is 17.5 Å². The minimum Gasteiger partial charge on any atom is -0.389 e. The summed E-state index contributed by atoms with van der Waals surface area (Å²) in [5.74, 6) is 1.60. The molecule has 0 bridgehead atoms. The van der Waals surface area contributed by atoms with E-state index in [0.717, 1.165) is 17.8 Å². The summed E-state index contributed by atoms with van der Waals surface area (Å²) < 4.78 is 15.1. The van der Waals surface area contributed by atoms with Gasteiger partial charge in [0.1, 0.15) is 17.5 Å². The van der Waals surface area contributed by atoms with E-state index < -0.39 is 6.10 Å². The van der Waals surface area contributed by atoms with Crippen molar-refractivity contribution in [3.8, 4) is 5.82 Å². The summed E-state index contributed by atoms with van der Waals surface area (Å²) in [5, 5.41) is 26.9. The fourth-order valence-electron chi connectivity index (χ4n) is 3.98. The smallest absolute Gasteiger partial charge is 0.157 e. The first kappa shape index (κ1) is 23.4. The van der Waals surface area contributed by atoms with Gasteiger partial charge in [-0.3, -0.25) is 5.41 Å². The molecule has 1 fully saturated rings. The van der Waals surface area contributed by atoms with Crippen molar-refractivity contribution < 1.29 is 9.50 Å². The van der Waals surface area contributed by atoms with Crippen molar-refractivity contribution in [1.82, 2.24) is 19.7 Å². The highest BCUT2D eigenvalue weighted by molar-refractivity contribution is 6.13. The summed E-state index contributed by atoms with van der Waals surface area (Å²) in [4.78, 5) is 7.75. The predicted octanol–water partition coefficient (Wildman–Crippen LogP) is 4.35. The second kappa shape index (κ2) is 9.64. The van der Waals surface area contributed by atoms with Crippen LogP contribution in [0.25, 0.3) is 5.82 Å². The number of aromatic nitrogens is 4. The van der Waals surface area contributed by atoms with Gasteiger partial charge in [-0.2, -0.15) is 5.10 Å². The van der Waals surface area contributed by atoms with Crippen molar-refractivity contribution in [2.75, 3.05) is 17.6 Å². The number of aryl methyl sites for hydroxylation is 1. The molecular formula is C25H30FN7O. The number of H-pyrrole nitrogens is 1. The van der Waals surface area contributed by atoms with E-state index in [9.17, 15) is 9.50 Å². The van der Waals surface area contributed by atoms with E-state index in [1.165, 1.54) is 25.0 Å². The quantitative estimate of drug-likeness (QED) is 0.333. The third-order valence-corrected chi connectivity index (χ3v) is 5.92. The van der Waals surface area contributed by atoms with E-state index in [0.29, 0.717) is 40.2 Å². The van der Waals surface area contributed by atoms with Gasteiger partial charge in [0, 0.05) is 41.2 Å². The molecule has 2 aromatic heterocycles. The number of nitrogens with one attached hydrogen (secondary N) is 3. The summed E-state index contributed by atoms with van der Waals surface area (Å²) in [7, 11) is 0. The van der Waals surface area contributed by atoms with Gasteiger partial charge in [0.15, 0.2) is 5.82 Å². The van der Waals surface area contributed by atoms with Gasteiger partial charge >= 0.3 is 0 Å². The molecule has 9 heteroatoms. The number of halogens is 1. The van der Waals surface area contributed by atoms with E-state index in [2.05, 4.69) is 20.4 Å². The molecule has 1 aliphatic rings. The first-order valence-corrected chi connectivity index (χ1v) is 11.3. The van der Waals surface area contributed by atoms with Crippen LogP contribution in [-0.2, 0) is 0 Å². The van der Waals surface area contributed by atoms with Gasteiger partial charge in [0.2, 0.25) is 0 Å². The molecule has 0 radical (unpaired) electrons. The summed E-state index contributed by atoms with van der Waals surface area (Å²) in [6, 6.07) is 9.21. The van der Waals surface area contributed by atoms with Crippen molar-refractivity contribution in [3.05, 3.63) is 76.5 Å². The topological polar surface area (TPSA) is 129 Å². The van der Waals surface area contributed by atoms with Crippen molar-refractivity contribution in [2.45, 2.75) is 39.7 Å². The average molecular weight is 464 g/mol. The minimum atomic E-state index is -0.664. The van der Waals surface area contributed by atoms with Gasteiger partial charge in [-0.05, 0) is 69.9 Å². The molecule has 1 unspecified atom stereocenters. The highest BCUT2D eigenvalue weighted by Crippen LogP contribution is 2.29. The Labute approximate surface area is 197 Å². The molecule has 3 aromatic rings. The van der Waals surface area contributed by atoms with Gasteiger partial charge < -0.3 is 21.1 Å². The molecule has 8 nitrogen and oxygen atoms in total. The number of aliphatic hydroxyl groups is 1. The van der Waals surface area contributed by atoms with E-state index in [1.807, 2.05) is 13.8 Å². The molecular weight excluding hydrogens is 433 g/mol.